The third-order valence-electron chi connectivity index (χ3n) is 4.17. The smallest absolute Gasteiger partial charge is 0.253 e. The Labute approximate surface area is 123 Å². The van der Waals surface area contributed by atoms with Gasteiger partial charge in [-0.05, 0) is 50.0 Å². The molecule has 1 atom stereocenters. The van der Waals surface area contributed by atoms with Crippen LogP contribution in [-0.4, -0.2) is 36.5 Å². The molecule has 19 heavy (non-hydrogen) atoms. The van der Waals surface area contributed by atoms with Crippen molar-refractivity contribution in [1.82, 2.24) is 10.2 Å². The van der Waals surface area contributed by atoms with Crippen molar-refractivity contribution in [3.05, 3.63) is 28.8 Å². The Morgan fingerprint density at radius 3 is 2.74 bits per heavy atom. The fourth-order valence-corrected chi connectivity index (χ4v) is 3.47. The Kier molecular flexibility index (Phi) is 3.74. The summed E-state index contributed by atoms with van der Waals surface area (Å²) in [7, 11) is 0. The van der Waals surface area contributed by atoms with Gasteiger partial charge in [0.25, 0.3) is 5.91 Å². The molecule has 102 valence electrons. The first-order chi connectivity index (χ1) is 9.13. The zero-order chi connectivity index (χ0) is 13.4. The number of piperidine rings is 3. The Hall–Kier alpha value is -0.710. The molecule has 0 radical (unpaired) electrons. The number of benzene rings is 1. The number of thiol groups is 1. The maximum absolute atomic E-state index is 12.3. The summed E-state index contributed by atoms with van der Waals surface area (Å²) in [6.07, 6.45) is 2.37. The van der Waals surface area contributed by atoms with Gasteiger partial charge in [0.2, 0.25) is 0 Å². The van der Waals surface area contributed by atoms with E-state index in [4.69, 9.17) is 11.6 Å². The normalized spacial score (nSPS) is 29.3. The topological polar surface area (TPSA) is 32.3 Å². The first-order valence-electron chi connectivity index (χ1n) is 6.65. The summed E-state index contributed by atoms with van der Waals surface area (Å²) >= 11 is 10.3. The van der Waals surface area contributed by atoms with Crippen LogP contribution in [0.5, 0.6) is 0 Å². The van der Waals surface area contributed by atoms with Gasteiger partial charge < -0.3 is 10.2 Å². The fourth-order valence-electron chi connectivity index (χ4n) is 3.06. The molecule has 2 bridgehead atoms. The van der Waals surface area contributed by atoms with Crippen molar-refractivity contribution in [3.63, 3.8) is 0 Å². The molecular weight excluding hydrogens is 280 g/mol. The second-order valence-corrected chi connectivity index (χ2v) is 6.31. The van der Waals surface area contributed by atoms with Crippen LogP contribution < -0.4 is 5.32 Å². The van der Waals surface area contributed by atoms with Gasteiger partial charge in [0.15, 0.2) is 0 Å². The summed E-state index contributed by atoms with van der Waals surface area (Å²) in [6, 6.07) is 5.49. The van der Waals surface area contributed by atoms with Crippen LogP contribution in [0.15, 0.2) is 23.1 Å². The molecule has 0 aliphatic carbocycles. The van der Waals surface area contributed by atoms with Crippen LogP contribution >= 0.6 is 24.2 Å². The summed E-state index contributed by atoms with van der Waals surface area (Å²) < 4.78 is 0. The number of hydrogen-bond acceptors (Lipinski definition) is 3. The number of halogens is 1. The predicted molar refractivity (Wildman–Crippen MR) is 79.1 cm³/mol. The van der Waals surface area contributed by atoms with Crippen LogP contribution in [0.4, 0.5) is 0 Å². The summed E-state index contributed by atoms with van der Waals surface area (Å²) in [5.41, 5.74) is 0.519. The molecule has 1 unspecified atom stereocenters. The van der Waals surface area contributed by atoms with E-state index in [0.29, 0.717) is 16.5 Å². The molecular formula is C14H17ClN2OS. The van der Waals surface area contributed by atoms with Crippen molar-refractivity contribution < 1.29 is 4.79 Å². The average Bonchev–Trinajstić information content (AvgIpc) is 2.43. The lowest BCUT2D eigenvalue weighted by atomic mass is 9.84. The van der Waals surface area contributed by atoms with Gasteiger partial charge in [-0.3, -0.25) is 4.79 Å². The lowest BCUT2D eigenvalue weighted by Gasteiger charge is -2.44. The minimum Gasteiger partial charge on any atom is -0.348 e. The largest absolute Gasteiger partial charge is 0.348 e. The molecule has 0 spiro atoms. The number of fused-ring (bicyclic) bond motifs is 3. The molecule has 3 heterocycles. The highest BCUT2D eigenvalue weighted by Gasteiger charge is 2.35. The van der Waals surface area contributed by atoms with Crippen molar-refractivity contribution in [1.29, 1.82) is 0 Å². The number of nitrogens with one attached hydrogen (secondary N) is 1. The molecule has 0 saturated carbocycles. The van der Waals surface area contributed by atoms with E-state index < -0.39 is 0 Å². The van der Waals surface area contributed by atoms with E-state index >= 15 is 0 Å². The molecule has 3 fully saturated rings. The van der Waals surface area contributed by atoms with Crippen molar-refractivity contribution in [2.24, 2.45) is 5.92 Å². The highest BCUT2D eigenvalue weighted by Crippen LogP contribution is 2.28. The molecule has 3 aliphatic heterocycles. The lowest BCUT2D eigenvalue weighted by Crippen LogP contribution is -2.57. The molecule has 1 aromatic carbocycles. The van der Waals surface area contributed by atoms with Crippen molar-refractivity contribution in [3.8, 4) is 0 Å². The monoisotopic (exact) mass is 296 g/mol. The Morgan fingerprint density at radius 1 is 1.37 bits per heavy atom. The molecule has 3 saturated heterocycles. The van der Waals surface area contributed by atoms with Gasteiger partial charge in [-0.2, -0.15) is 0 Å². The molecule has 0 aromatic heterocycles. The van der Waals surface area contributed by atoms with Crippen LogP contribution in [0.3, 0.4) is 0 Å². The standard InChI is InChI=1S/C14H17ClN2OS/c15-12-2-1-10(19)7-11(12)14(18)16-13-8-17-5-3-9(13)4-6-17/h1-2,7,9,13,19H,3-6,8H2,(H,16,18). The van der Waals surface area contributed by atoms with Gasteiger partial charge in [0.1, 0.15) is 0 Å². The van der Waals surface area contributed by atoms with Crippen LogP contribution in [0, 0.1) is 5.92 Å². The maximum Gasteiger partial charge on any atom is 0.253 e. The van der Waals surface area contributed by atoms with Crippen molar-refractivity contribution in [2.45, 2.75) is 23.8 Å². The minimum atomic E-state index is -0.0837. The summed E-state index contributed by atoms with van der Waals surface area (Å²) in [6.45, 7) is 3.31. The molecule has 3 aliphatic rings. The fraction of sp³-hybridized carbons (Fsp3) is 0.500. The molecule has 1 aromatic rings. The number of carbonyl (C=O) groups excluding carboxylic acids is 1. The zero-order valence-corrected chi connectivity index (χ0v) is 12.3. The van der Waals surface area contributed by atoms with E-state index in [1.54, 1.807) is 18.2 Å². The third kappa shape index (κ3) is 2.76. The molecule has 1 N–H and O–H groups in total. The maximum atomic E-state index is 12.3. The molecule has 5 heteroatoms. The van der Waals surface area contributed by atoms with Crippen molar-refractivity contribution >= 4 is 30.1 Å². The lowest BCUT2D eigenvalue weighted by molar-refractivity contribution is 0.0620. The molecule has 3 nitrogen and oxygen atoms in total. The Bertz CT molecular complexity index is 500. The number of carbonyl (C=O) groups is 1. The third-order valence-corrected chi connectivity index (χ3v) is 4.77. The minimum absolute atomic E-state index is 0.0837. The SMILES string of the molecule is O=C(NC1CN2CCC1CC2)c1cc(S)ccc1Cl. The van der Waals surface area contributed by atoms with E-state index in [9.17, 15) is 4.79 Å². The molecule has 4 rings (SSSR count). The van der Waals surface area contributed by atoms with E-state index in [-0.39, 0.29) is 11.9 Å². The van der Waals surface area contributed by atoms with Crippen LogP contribution in [-0.2, 0) is 0 Å². The zero-order valence-electron chi connectivity index (χ0n) is 10.6. The predicted octanol–water partition coefficient (Wildman–Crippen LogP) is 2.45. The average molecular weight is 297 g/mol. The van der Waals surface area contributed by atoms with Gasteiger partial charge in [0, 0.05) is 17.5 Å². The van der Waals surface area contributed by atoms with Gasteiger partial charge in [-0.15, -0.1) is 12.6 Å². The first kappa shape index (κ1) is 13.3. The van der Waals surface area contributed by atoms with Gasteiger partial charge in [0.05, 0.1) is 10.6 Å². The highest BCUT2D eigenvalue weighted by atomic mass is 35.5. The van der Waals surface area contributed by atoms with Crippen LogP contribution in [0.1, 0.15) is 23.2 Å². The second kappa shape index (κ2) is 5.35. The Morgan fingerprint density at radius 2 is 2.11 bits per heavy atom. The van der Waals surface area contributed by atoms with E-state index in [1.165, 1.54) is 25.9 Å². The van der Waals surface area contributed by atoms with Gasteiger partial charge >= 0.3 is 0 Å². The van der Waals surface area contributed by atoms with Gasteiger partial charge in [-0.1, -0.05) is 11.6 Å². The number of nitrogens with zero attached hydrogens (tertiary/aromatic N) is 1. The molecule has 1 amide bonds. The Balaban J connectivity index is 1.73. The first-order valence-corrected chi connectivity index (χ1v) is 7.48. The summed E-state index contributed by atoms with van der Waals surface area (Å²) in [5.74, 6) is 0.534. The second-order valence-electron chi connectivity index (χ2n) is 5.38. The van der Waals surface area contributed by atoms with Crippen molar-refractivity contribution in [2.75, 3.05) is 19.6 Å². The van der Waals surface area contributed by atoms with E-state index in [1.807, 2.05) is 0 Å². The highest BCUT2D eigenvalue weighted by molar-refractivity contribution is 7.80. The number of rotatable bonds is 2. The number of hydrogen-bond donors (Lipinski definition) is 2. The van der Waals surface area contributed by atoms with Crippen LogP contribution in [0.25, 0.3) is 0 Å². The van der Waals surface area contributed by atoms with E-state index in [2.05, 4.69) is 22.8 Å². The quantitative estimate of drug-likeness (QED) is 0.822. The number of amides is 1. The summed E-state index contributed by atoms with van der Waals surface area (Å²) in [5, 5.41) is 3.62. The van der Waals surface area contributed by atoms with Crippen LogP contribution in [0.2, 0.25) is 5.02 Å². The van der Waals surface area contributed by atoms with E-state index in [0.717, 1.165) is 11.4 Å². The van der Waals surface area contributed by atoms with Gasteiger partial charge in [-0.25, -0.2) is 0 Å². The summed E-state index contributed by atoms with van der Waals surface area (Å²) in [4.78, 5) is 15.5.